The van der Waals surface area contributed by atoms with E-state index < -0.39 is 16.4 Å². The third-order valence-corrected chi connectivity index (χ3v) is 12.4. The first-order chi connectivity index (χ1) is 17.0. The molecule has 0 aliphatic heterocycles. The molecular formula is C31H43NO5. The summed E-state index contributed by atoms with van der Waals surface area (Å²) in [6.45, 7) is 20.4. The third kappa shape index (κ3) is 3.13. The molecule has 3 saturated carbocycles. The largest absolute Gasteiger partial charge is 0.521 e. The lowest BCUT2D eigenvalue weighted by Gasteiger charge is -2.69. The molecule has 0 radical (unpaired) electrons. The summed E-state index contributed by atoms with van der Waals surface area (Å²) in [5.41, 5.74) is -2.17. The molecule has 0 bridgehead atoms. The Balaban J connectivity index is 1.68. The molecule has 0 aromatic carbocycles. The summed E-state index contributed by atoms with van der Waals surface area (Å²) in [4.78, 5) is 31.3. The minimum Gasteiger partial charge on any atom is -0.521 e. The lowest BCUT2D eigenvalue weighted by atomic mass is 9.34. The molecule has 5 rings (SSSR count). The van der Waals surface area contributed by atoms with Gasteiger partial charge in [-0.2, -0.15) is 0 Å². The summed E-state index contributed by atoms with van der Waals surface area (Å²) in [5, 5.41) is 22.2. The fraction of sp³-hybridized carbons (Fsp3) is 0.774. The van der Waals surface area contributed by atoms with E-state index in [-0.39, 0.29) is 57.2 Å². The van der Waals surface area contributed by atoms with Crippen LogP contribution in [-0.2, 0) is 14.3 Å². The van der Waals surface area contributed by atoms with Crippen LogP contribution in [0.2, 0.25) is 0 Å². The predicted octanol–water partition coefficient (Wildman–Crippen LogP) is 6.16. The first kappa shape index (κ1) is 26.5. The number of methoxy groups -OCH3 is 1. The van der Waals surface area contributed by atoms with Crippen molar-refractivity contribution in [2.45, 2.75) is 98.5 Å². The van der Waals surface area contributed by atoms with Gasteiger partial charge < -0.3 is 14.9 Å². The van der Waals surface area contributed by atoms with Crippen molar-refractivity contribution in [2.75, 3.05) is 7.11 Å². The average Bonchev–Trinajstić information content (AvgIpc) is 2.82. The van der Waals surface area contributed by atoms with Crippen LogP contribution in [-0.4, -0.2) is 34.7 Å². The minimum absolute atomic E-state index is 0.0458. The molecule has 6 heteroatoms. The Bertz CT molecular complexity index is 1170. The van der Waals surface area contributed by atoms with Crippen molar-refractivity contribution in [1.29, 1.82) is 0 Å². The quantitative estimate of drug-likeness (QED) is 0.326. The Hall–Kier alpha value is -2.13. The van der Waals surface area contributed by atoms with Gasteiger partial charge in [-0.15, -0.1) is 0 Å². The maximum absolute atomic E-state index is 14.3. The first-order valence-electron chi connectivity index (χ1n) is 13.9. The number of carbonyl (C=O) groups is 2. The standard InChI is InChI=1S/C31H43NO5/c1-26(2)11-13-31(25(35)37-8)14-12-29(5)23(18(31)16-26)20(33)15-22-27(3)17-19(32-7)24(34)30(6,36)21(27)9-10-28(22,29)4/h15,18,21,23,34,36H,9-14,16-17H2,1-6,8H3/t18-,21+,23-,27-,28+,29+,30-,31-/m0/s1. The van der Waals surface area contributed by atoms with Gasteiger partial charge in [0.15, 0.2) is 5.78 Å². The minimum atomic E-state index is -1.52. The molecule has 37 heavy (non-hydrogen) atoms. The number of fused-ring (bicyclic) bond motifs is 7. The van der Waals surface area contributed by atoms with Gasteiger partial charge in [-0.1, -0.05) is 40.2 Å². The van der Waals surface area contributed by atoms with Gasteiger partial charge in [0.1, 0.15) is 11.4 Å². The number of hydrogen-bond acceptors (Lipinski definition) is 5. The van der Waals surface area contributed by atoms with Crippen molar-refractivity contribution in [1.82, 2.24) is 0 Å². The summed E-state index contributed by atoms with van der Waals surface area (Å²) in [7, 11) is 1.47. The topological polar surface area (TPSA) is 88.2 Å². The van der Waals surface area contributed by atoms with Crippen LogP contribution in [0.3, 0.4) is 0 Å². The highest BCUT2D eigenvalue weighted by Crippen LogP contribution is 2.74. The van der Waals surface area contributed by atoms with Crippen LogP contribution < -0.4 is 0 Å². The van der Waals surface area contributed by atoms with E-state index in [0.717, 1.165) is 44.1 Å². The van der Waals surface area contributed by atoms with Crippen molar-refractivity contribution >= 4 is 11.8 Å². The van der Waals surface area contributed by atoms with Crippen molar-refractivity contribution in [3.8, 4) is 0 Å². The number of aliphatic hydroxyl groups is 2. The summed E-state index contributed by atoms with van der Waals surface area (Å²) in [6.07, 6.45) is 7.64. The predicted molar refractivity (Wildman–Crippen MR) is 140 cm³/mol. The monoisotopic (exact) mass is 509 g/mol. The number of carbonyl (C=O) groups excluding carboxylic acids is 2. The van der Waals surface area contributed by atoms with Gasteiger partial charge in [0.25, 0.3) is 0 Å². The first-order valence-corrected chi connectivity index (χ1v) is 13.9. The van der Waals surface area contributed by atoms with E-state index in [4.69, 9.17) is 11.3 Å². The van der Waals surface area contributed by atoms with E-state index in [1.165, 1.54) is 7.11 Å². The second-order valence-electron chi connectivity index (χ2n) is 14.6. The van der Waals surface area contributed by atoms with Gasteiger partial charge in [-0.3, -0.25) is 9.59 Å². The van der Waals surface area contributed by atoms with Crippen molar-refractivity contribution in [2.24, 2.45) is 44.8 Å². The van der Waals surface area contributed by atoms with Crippen LogP contribution in [0.15, 0.2) is 23.1 Å². The number of rotatable bonds is 1. The number of nitrogens with zero attached hydrogens (tertiary/aromatic N) is 1. The Morgan fingerprint density at radius 2 is 1.73 bits per heavy atom. The number of ketones is 1. The normalized spacial score (nSPS) is 48.5. The van der Waals surface area contributed by atoms with E-state index >= 15 is 0 Å². The van der Waals surface area contributed by atoms with Crippen LogP contribution in [0.1, 0.15) is 92.9 Å². The molecule has 0 unspecified atom stereocenters. The van der Waals surface area contributed by atoms with Crippen molar-refractivity contribution in [3.05, 3.63) is 34.5 Å². The molecule has 5 aliphatic rings. The van der Waals surface area contributed by atoms with Gasteiger partial charge in [0, 0.05) is 11.8 Å². The highest BCUT2D eigenvalue weighted by Gasteiger charge is 2.71. The highest BCUT2D eigenvalue weighted by atomic mass is 16.5. The molecular weight excluding hydrogens is 466 g/mol. The second-order valence-corrected chi connectivity index (χ2v) is 14.6. The Kier molecular flexibility index (Phi) is 5.52. The molecule has 8 atom stereocenters. The van der Waals surface area contributed by atoms with Gasteiger partial charge in [-0.05, 0) is 91.9 Å². The fourth-order valence-corrected chi connectivity index (χ4v) is 10.1. The molecule has 5 aliphatic carbocycles. The number of hydrogen-bond donors (Lipinski definition) is 2. The van der Waals surface area contributed by atoms with Crippen LogP contribution >= 0.6 is 0 Å². The zero-order valence-corrected chi connectivity index (χ0v) is 23.5. The SMILES string of the molecule is [C-]#[N+]C1=C(O)[C@@](C)(O)[C@@H]2CC[C@]3(C)C(=CC(=O)[C@@H]4[C@@H]5CC(C)(C)CC[C@]5(C(=O)OC)CC[C@]43C)[C@@]2(C)C1. The van der Waals surface area contributed by atoms with Crippen molar-refractivity contribution in [3.63, 3.8) is 0 Å². The molecule has 202 valence electrons. The number of ether oxygens (including phenoxy) is 1. The van der Waals surface area contributed by atoms with Gasteiger partial charge in [0.2, 0.25) is 5.70 Å². The highest BCUT2D eigenvalue weighted by molar-refractivity contribution is 5.96. The molecule has 3 fully saturated rings. The Morgan fingerprint density at radius 3 is 2.35 bits per heavy atom. The molecule has 6 nitrogen and oxygen atoms in total. The van der Waals surface area contributed by atoms with E-state index in [1.54, 1.807) is 6.92 Å². The fourth-order valence-electron chi connectivity index (χ4n) is 10.1. The Morgan fingerprint density at radius 1 is 1.08 bits per heavy atom. The van der Waals surface area contributed by atoms with Gasteiger partial charge >= 0.3 is 5.97 Å². The second kappa shape index (κ2) is 7.72. The molecule has 0 heterocycles. The molecule has 0 aromatic heterocycles. The smallest absolute Gasteiger partial charge is 0.312 e. The van der Waals surface area contributed by atoms with E-state index in [9.17, 15) is 19.8 Å². The van der Waals surface area contributed by atoms with Crippen LogP contribution in [0.4, 0.5) is 0 Å². The average molecular weight is 510 g/mol. The van der Waals surface area contributed by atoms with E-state index in [1.807, 2.05) is 6.08 Å². The number of aliphatic hydroxyl groups excluding tert-OH is 1. The lowest BCUT2D eigenvalue weighted by molar-refractivity contribution is -0.193. The molecule has 0 amide bonds. The number of esters is 1. The third-order valence-electron chi connectivity index (χ3n) is 12.4. The van der Waals surface area contributed by atoms with Crippen molar-refractivity contribution < 1.29 is 24.5 Å². The van der Waals surface area contributed by atoms with E-state index in [0.29, 0.717) is 12.8 Å². The summed E-state index contributed by atoms with van der Waals surface area (Å²) in [6, 6.07) is 0. The summed E-state index contributed by atoms with van der Waals surface area (Å²) in [5.74, 6) is -0.941. The zero-order chi connectivity index (χ0) is 27.4. The van der Waals surface area contributed by atoms with Gasteiger partial charge in [-0.25, -0.2) is 4.85 Å². The van der Waals surface area contributed by atoms with Crippen LogP contribution in [0.5, 0.6) is 0 Å². The molecule has 0 spiro atoms. The summed E-state index contributed by atoms with van der Waals surface area (Å²) >= 11 is 0. The maximum Gasteiger partial charge on any atom is 0.312 e. The Labute approximate surface area is 221 Å². The zero-order valence-electron chi connectivity index (χ0n) is 23.5. The van der Waals surface area contributed by atoms with Crippen LogP contribution in [0, 0.1) is 51.4 Å². The summed E-state index contributed by atoms with van der Waals surface area (Å²) < 4.78 is 5.39. The van der Waals surface area contributed by atoms with E-state index in [2.05, 4.69) is 39.5 Å². The molecule has 0 saturated heterocycles. The van der Waals surface area contributed by atoms with Gasteiger partial charge in [0.05, 0.1) is 19.1 Å². The molecule has 0 aromatic rings. The maximum atomic E-state index is 14.3. The molecule has 2 N–H and O–H groups in total. The van der Waals surface area contributed by atoms with Crippen LogP contribution in [0.25, 0.3) is 4.85 Å². The lowest BCUT2D eigenvalue weighted by Crippen LogP contribution is -2.66. The number of allylic oxidation sites excluding steroid dienone is 3.